The lowest BCUT2D eigenvalue weighted by molar-refractivity contribution is -0.133. The molecule has 2 aromatic carbocycles. The van der Waals surface area contributed by atoms with Crippen LogP contribution in [0, 0.1) is 5.92 Å². The lowest BCUT2D eigenvalue weighted by Crippen LogP contribution is -2.52. The van der Waals surface area contributed by atoms with E-state index in [0.717, 1.165) is 60.0 Å². The van der Waals surface area contributed by atoms with E-state index >= 15 is 0 Å². The molecule has 6 rings (SSSR count). The monoisotopic (exact) mass is 571 g/mol. The van der Waals surface area contributed by atoms with Crippen molar-refractivity contribution in [2.75, 3.05) is 51.3 Å². The molecule has 0 N–H and O–H groups in total. The van der Waals surface area contributed by atoms with Crippen molar-refractivity contribution in [2.24, 2.45) is 5.92 Å². The number of imide groups is 1. The first-order valence-corrected chi connectivity index (χ1v) is 15.3. The van der Waals surface area contributed by atoms with E-state index in [-0.39, 0.29) is 37.4 Å². The Morgan fingerprint density at radius 2 is 1.67 bits per heavy atom. The number of amides is 4. The molecule has 0 bridgehead atoms. The van der Waals surface area contributed by atoms with Crippen molar-refractivity contribution in [3.8, 4) is 5.75 Å². The van der Waals surface area contributed by atoms with E-state index in [9.17, 15) is 14.4 Å². The largest absolute Gasteiger partial charge is 0.497 e. The molecule has 0 atom stereocenters. The van der Waals surface area contributed by atoms with Gasteiger partial charge in [-0.15, -0.1) is 0 Å². The molecular formula is C33H41N5O4. The first-order valence-electron chi connectivity index (χ1n) is 15.3. The maximum atomic E-state index is 13.6. The molecule has 3 aliphatic rings. The van der Waals surface area contributed by atoms with Gasteiger partial charge in [0.25, 0.3) is 0 Å². The van der Waals surface area contributed by atoms with Crippen LogP contribution in [0.2, 0.25) is 0 Å². The number of aromatic nitrogens is 1. The van der Waals surface area contributed by atoms with Crippen molar-refractivity contribution >= 4 is 34.4 Å². The predicted octanol–water partition coefficient (Wildman–Crippen LogP) is 4.73. The first-order chi connectivity index (χ1) is 20.5. The van der Waals surface area contributed by atoms with Gasteiger partial charge in [-0.3, -0.25) is 24.3 Å². The molecule has 3 fully saturated rings. The lowest BCUT2D eigenvalue weighted by Gasteiger charge is -2.37. The van der Waals surface area contributed by atoms with Crippen LogP contribution in [0.25, 0.3) is 10.9 Å². The van der Waals surface area contributed by atoms with Crippen LogP contribution >= 0.6 is 0 Å². The van der Waals surface area contributed by atoms with Gasteiger partial charge in [-0.05, 0) is 54.7 Å². The standard InChI is InChI=1S/C33H41N5O4/c1-42-27-12-10-26(11-13-27)23-38-31(39)15-17-37(33(38)41)30-9-5-8-29-28(30)14-16-36(29)24-32(40)35-20-18-34(19-21-35)22-25-6-3-2-4-7-25/h5,8-14,16,25H,2-4,6-7,15,17-24H2,1H3. The van der Waals surface area contributed by atoms with E-state index < -0.39 is 0 Å². The molecule has 4 amide bonds. The molecule has 3 aromatic rings. The van der Waals surface area contributed by atoms with Gasteiger partial charge in [-0.2, -0.15) is 0 Å². The predicted molar refractivity (Wildman–Crippen MR) is 162 cm³/mol. The topological polar surface area (TPSA) is 78.3 Å². The highest BCUT2D eigenvalue weighted by atomic mass is 16.5. The van der Waals surface area contributed by atoms with E-state index in [1.165, 1.54) is 43.5 Å². The fraction of sp³-hybridized carbons (Fsp3) is 0.485. The number of hydrogen-bond acceptors (Lipinski definition) is 5. The molecular weight excluding hydrogens is 530 g/mol. The summed E-state index contributed by atoms with van der Waals surface area (Å²) in [5.41, 5.74) is 2.52. The summed E-state index contributed by atoms with van der Waals surface area (Å²) in [4.78, 5) is 47.2. The fourth-order valence-electron chi connectivity index (χ4n) is 6.72. The summed E-state index contributed by atoms with van der Waals surface area (Å²) in [6, 6.07) is 14.9. The Kier molecular flexibility index (Phi) is 8.46. The summed E-state index contributed by atoms with van der Waals surface area (Å²) in [6.07, 6.45) is 8.99. The minimum absolute atomic E-state index is 0.125. The fourth-order valence-corrected chi connectivity index (χ4v) is 6.72. The summed E-state index contributed by atoms with van der Waals surface area (Å²) in [5, 5.41) is 0.898. The van der Waals surface area contributed by atoms with Gasteiger partial charge in [-0.25, -0.2) is 4.79 Å². The normalized spacial score (nSPS) is 19.1. The third-order valence-corrected chi connectivity index (χ3v) is 9.17. The highest BCUT2D eigenvalue weighted by Gasteiger charge is 2.34. The van der Waals surface area contributed by atoms with Crippen LogP contribution in [-0.2, 0) is 22.7 Å². The van der Waals surface area contributed by atoms with Gasteiger partial charge in [0.1, 0.15) is 12.3 Å². The number of carbonyl (C=O) groups is 3. The molecule has 0 radical (unpaired) electrons. The van der Waals surface area contributed by atoms with E-state index in [1.54, 1.807) is 12.0 Å². The minimum atomic E-state index is -0.329. The van der Waals surface area contributed by atoms with Crippen molar-refractivity contribution in [3.05, 3.63) is 60.3 Å². The van der Waals surface area contributed by atoms with Gasteiger partial charge in [-0.1, -0.05) is 37.5 Å². The zero-order valence-electron chi connectivity index (χ0n) is 24.5. The van der Waals surface area contributed by atoms with Gasteiger partial charge in [0.05, 0.1) is 24.9 Å². The molecule has 9 heteroatoms. The summed E-state index contributed by atoms with van der Waals surface area (Å²) in [5.74, 6) is 1.49. The maximum absolute atomic E-state index is 13.6. The van der Waals surface area contributed by atoms with Crippen molar-refractivity contribution in [1.82, 2.24) is 19.3 Å². The summed E-state index contributed by atoms with van der Waals surface area (Å²) in [6.45, 7) is 5.41. The van der Waals surface area contributed by atoms with Crippen LogP contribution in [0.15, 0.2) is 54.7 Å². The third-order valence-electron chi connectivity index (χ3n) is 9.17. The molecule has 0 unspecified atom stereocenters. The molecule has 0 spiro atoms. The maximum Gasteiger partial charge on any atom is 0.331 e. The quantitative estimate of drug-likeness (QED) is 0.391. The SMILES string of the molecule is COc1ccc(CN2C(=O)CCN(c3cccc4c3ccn4CC(=O)N3CCN(CC4CCCCC4)CC3)C2=O)cc1. The van der Waals surface area contributed by atoms with Gasteiger partial charge >= 0.3 is 6.03 Å². The van der Waals surface area contributed by atoms with E-state index in [4.69, 9.17) is 4.74 Å². The van der Waals surface area contributed by atoms with Gasteiger partial charge in [0.2, 0.25) is 11.8 Å². The summed E-state index contributed by atoms with van der Waals surface area (Å²) in [7, 11) is 1.60. The zero-order valence-corrected chi connectivity index (χ0v) is 24.5. The van der Waals surface area contributed by atoms with Crippen molar-refractivity contribution < 1.29 is 19.1 Å². The second-order valence-corrected chi connectivity index (χ2v) is 11.9. The number of urea groups is 1. The van der Waals surface area contributed by atoms with Crippen molar-refractivity contribution in [2.45, 2.75) is 51.6 Å². The first kappa shape index (κ1) is 28.3. The Morgan fingerprint density at radius 1 is 0.905 bits per heavy atom. The number of nitrogens with zero attached hydrogens (tertiary/aromatic N) is 5. The minimum Gasteiger partial charge on any atom is -0.497 e. The number of methoxy groups -OCH3 is 1. The average molecular weight is 572 g/mol. The summed E-state index contributed by atoms with van der Waals surface area (Å²) >= 11 is 0. The second kappa shape index (κ2) is 12.6. The number of anilines is 1. The Balaban J connectivity index is 1.11. The van der Waals surface area contributed by atoms with Crippen molar-refractivity contribution in [1.29, 1.82) is 0 Å². The molecule has 1 saturated carbocycles. The Morgan fingerprint density at radius 3 is 2.40 bits per heavy atom. The molecule has 9 nitrogen and oxygen atoms in total. The number of piperazine rings is 1. The lowest BCUT2D eigenvalue weighted by atomic mass is 9.89. The Hall–Kier alpha value is -3.85. The highest BCUT2D eigenvalue weighted by molar-refractivity contribution is 6.09. The van der Waals surface area contributed by atoms with E-state index in [2.05, 4.69) is 4.90 Å². The van der Waals surface area contributed by atoms with Crippen LogP contribution in [0.4, 0.5) is 10.5 Å². The molecule has 1 aliphatic carbocycles. The summed E-state index contributed by atoms with van der Waals surface area (Å²) < 4.78 is 7.20. The van der Waals surface area contributed by atoms with Crippen LogP contribution < -0.4 is 9.64 Å². The number of benzene rings is 2. The number of fused-ring (bicyclic) bond motifs is 1. The van der Waals surface area contributed by atoms with Gasteiger partial charge in [0.15, 0.2) is 0 Å². The smallest absolute Gasteiger partial charge is 0.331 e. The van der Waals surface area contributed by atoms with Gasteiger partial charge < -0.3 is 14.2 Å². The number of rotatable bonds is 8. The molecule has 42 heavy (non-hydrogen) atoms. The van der Waals surface area contributed by atoms with E-state index in [0.29, 0.717) is 6.54 Å². The molecule has 3 heterocycles. The number of ether oxygens (including phenoxy) is 1. The van der Waals surface area contributed by atoms with Gasteiger partial charge in [0, 0.05) is 57.3 Å². The van der Waals surface area contributed by atoms with Crippen LogP contribution in [0.5, 0.6) is 5.75 Å². The Bertz CT molecular complexity index is 1420. The van der Waals surface area contributed by atoms with Crippen LogP contribution in [-0.4, -0.2) is 83.5 Å². The van der Waals surface area contributed by atoms with E-state index in [1.807, 2.05) is 64.2 Å². The molecule has 1 aromatic heterocycles. The molecule has 222 valence electrons. The Labute approximate surface area is 247 Å². The average Bonchev–Trinajstić information content (AvgIpc) is 3.43. The molecule has 2 saturated heterocycles. The zero-order chi connectivity index (χ0) is 29.1. The number of carbonyl (C=O) groups excluding carboxylic acids is 3. The molecule has 2 aliphatic heterocycles. The van der Waals surface area contributed by atoms with Crippen LogP contribution in [0.3, 0.4) is 0 Å². The number of hydrogen-bond donors (Lipinski definition) is 0. The second-order valence-electron chi connectivity index (χ2n) is 11.9. The van der Waals surface area contributed by atoms with Crippen molar-refractivity contribution in [3.63, 3.8) is 0 Å². The van der Waals surface area contributed by atoms with Crippen LogP contribution in [0.1, 0.15) is 44.1 Å². The highest BCUT2D eigenvalue weighted by Crippen LogP contribution is 2.31. The third kappa shape index (κ3) is 6.02.